The third-order valence-electron chi connectivity index (χ3n) is 2.79. The number of carbonyl (C=O) groups is 1. The molecule has 6 heteroatoms. The summed E-state index contributed by atoms with van der Waals surface area (Å²) in [6.45, 7) is 1.34. The third kappa shape index (κ3) is 2.70. The van der Waals surface area contributed by atoms with Gasteiger partial charge in [-0.2, -0.15) is 13.2 Å². The molecule has 2 rings (SSSR count). The zero-order valence-electron chi connectivity index (χ0n) is 9.46. The Balaban J connectivity index is 2.41. The fraction of sp³-hybridized carbons (Fsp3) is 0.417. The molecule has 3 nitrogen and oxygen atoms in total. The average molecular weight is 259 g/mol. The summed E-state index contributed by atoms with van der Waals surface area (Å²) >= 11 is 0. The van der Waals surface area contributed by atoms with E-state index in [1.54, 1.807) is 0 Å². The molecule has 0 spiro atoms. The van der Waals surface area contributed by atoms with Gasteiger partial charge in [0.15, 0.2) is 0 Å². The lowest BCUT2D eigenvalue weighted by Crippen LogP contribution is -2.34. The van der Waals surface area contributed by atoms with Crippen molar-refractivity contribution in [3.05, 3.63) is 34.9 Å². The van der Waals surface area contributed by atoms with Crippen LogP contribution in [0.1, 0.15) is 27.6 Å². The Labute approximate surface area is 102 Å². The predicted octanol–water partition coefficient (Wildman–Crippen LogP) is 2.18. The lowest BCUT2D eigenvalue weighted by Gasteiger charge is -2.26. The van der Waals surface area contributed by atoms with Crippen LogP contribution in [0.5, 0.6) is 0 Å². The van der Waals surface area contributed by atoms with Crippen molar-refractivity contribution < 1.29 is 22.7 Å². The highest BCUT2D eigenvalue weighted by molar-refractivity contribution is 5.75. The second-order valence-electron chi connectivity index (χ2n) is 4.03. The number of halogens is 3. The molecule has 0 saturated carbocycles. The van der Waals surface area contributed by atoms with Crippen molar-refractivity contribution in [1.82, 2.24) is 5.32 Å². The van der Waals surface area contributed by atoms with Gasteiger partial charge in [-0.15, -0.1) is 0 Å². The third-order valence-corrected chi connectivity index (χ3v) is 2.79. The number of rotatable bonds is 2. The van der Waals surface area contributed by atoms with Crippen LogP contribution in [0.2, 0.25) is 0 Å². The first kappa shape index (κ1) is 13.0. The van der Waals surface area contributed by atoms with E-state index in [9.17, 15) is 18.0 Å². The Morgan fingerprint density at radius 2 is 2.17 bits per heavy atom. The number of morpholine rings is 1. The monoisotopic (exact) mass is 259 g/mol. The van der Waals surface area contributed by atoms with E-state index in [1.165, 1.54) is 12.1 Å². The number of ether oxygens (including phenoxy) is 1. The molecule has 1 fully saturated rings. The van der Waals surface area contributed by atoms with Gasteiger partial charge in [-0.25, -0.2) is 0 Å². The molecule has 98 valence electrons. The molecule has 0 bridgehead atoms. The highest BCUT2D eigenvalue weighted by Crippen LogP contribution is 2.36. The maximum Gasteiger partial charge on any atom is 0.416 e. The Bertz CT molecular complexity index is 439. The summed E-state index contributed by atoms with van der Waals surface area (Å²) in [5.74, 6) is 0. The molecule has 1 aliphatic rings. The lowest BCUT2D eigenvalue weighted by molar-refractivity contribution is -0.139. The van der Waals surface area contributed by atoms with E-state index in [0.717, 1.165) is 6.07 Å². The summed E-state index contributed by atoms with van der Waals surface area (Å²) < 4.78 is 44.1. The van der Waals surface area contributed by atoms with Gasteiger partial charge in [0, 0.05) is 18.7 Å². The van der Waals surface area contributed by atoms with Gasteiger partial charge in [0.05, 0.1) is 18.3 Å². The minimum Gasteiger partial charge on any atom is -0.371 e. The van der Waals surface area contributed by atoms with E-state index in [1.807, 2.05) is 0 Å². The van der Waals surface area contributed by atoms with Crippen molar-refractivity contribution >= 4 is 6.29 Å². The van der Waals surface area contributed by atoms with E-state index >= 15 is 0 Å². The summed E-state index contributed by atoms with van der Waals surface area (Å²) in [6, 6.07) is 3.54. The Hall–Kier alpha value is -1.40. The summed E-state index contributed by atoms with van der Waals surface area (Å²) in [5, 5.41) is 2.98. The van der Waals surface area contributed by atoms with Crippen molar-refractivity contribution in [2.45, 2.75) is 12.3 Å². The molecule has 18 heavy (non-hydrogen) atoms. The van der Waals surface area contributed by atoms with Crippen LogP contribution in [0, 0.1) is 0 Å². The van der Waals surface area contributed by atoms with Crippen LogP contribution in [0.25, 0.3) is 0 Å². The second kappa shape index (κ2) is 5.07. The Morgan fingerprint density at radius 1 is 1.39 bits per heavy atom. The van der Waals surface area contributed by atoms with Gasteiger partial charge in [-0.1, -0.05) is 12.1 Å². The van der Waals surface area contributed by atoms with Crippen LogP contribution < -0.4 is 5.32 Å². The van der Waals surface area contributed by atoms with Crippen LogP contribution in [0.15, 0.2) is 18.2 Å². The van der Waals surface area contributed by atoms with Crippen molar-refractivity contribution in [1.29, 1.82) is 0 Å². The SMILES string of the molecule is O=Cc1ccc(C2CNCCO2)c(C(F)(F)F)c1. The Morgan fingerprint density at radius 3 is 2.72 bits per heavy atom. The van der Waals surface area contributed by atoms with Gasteiger partial charge >= 0.3 is 6.18 Å². The number of hydrogen-bond acceptors (Lipinski definition) is 3. The molecule has 0 radical (unpaired) electrons. The van der Waals surface area contributed by atoms with Crippen molar-refractivity contribution in [3.8, 4) is 0 Å². The second-order valence-corrected chi connectivity index (χ2v) is 4.03. The molecular weight excluding hydrogens is 247 g/mol. The highest BCUT2D eigenvalue weighted by atomic mass is 19.4. The number of carbonyl (C=O) groups excluding carboxylic acids is 1. The molecule has 0 aromatic heterocycles. The van der Waals surface area contributed by atoms with Crippen LogP contribution in [0.3, 0.4) is 0 Å². The number of nitrogens with one attached hydrogen (secondary N) is 1. The fourth-order valence-electron chi connectivity index (χ4n) is 1.94. The first-order chi connectivity index (χ1) is 8.52. The van der Waals surface area contributed by atoms with Gasteiger partial charge in [0.25, 0.3) is 0 Å². The quantitative estimate of drug-likeness (QED) is 0.827. The van der Waals surface area contributed by atoms with Gasteiger partial charge in [-0.05, 0) is 11.6 Å². The topological polar surface area (TPSA) is 38.3 Å². The van der Waals surface area contributed by atoms with E-state index in [2.05, 4.69) is 5.32 Å². The predicted molar refractivity (Wildman–Crippen MR) is 58.4 cm³/mol. The van der Waals surface area contributed by atoms with Crippen molar-refractivity contribution in [2.75, 3.05) is 19.7 Å². The van der Waals surface area contributed by atoms with E-state index in [0.29, 0.717) is 26.0 Å². The van der Waals surface area contributed by atoms with E-state index in [4.69, 9.17) is 4.74 Å². The lowest BCUT2D eigenvalue weighted by atomic mass is 9.98. The average Bonchev–Trinajstić information content (AvgIpc) is 2.38. The van der Waals surface area contributed by atoms with Gasteiger partial charge in [-0.3, -0.25) is 4.79 Å². The minimum atomic E-state index is -4.49. The standard InChI is InChI=1S/C12H12F3NO2/c13-12(14,15)10-5-8(7-17)1-2-9(10)11-6-16-3-4-18-11/h1-2,5,7,11,16H,3-4,6H2. The highest BCUT2D eigenvalue weighted by Gasteiger charge is 2.36. The number of aldehydes is 1. The van der Waals surface area contributed by atoms with Gasteiger partial charge in [0.2, 0.25) is 0 Å². The summed E-state index contributed by atoms with van der Waals surface area (Å²) in [7, 11) is 0. The summed E-state index contributed by atoms with van der Waals surface area (Å²) in [4.78, 5) is 10.6. The van der Waals surface area contributed by atoms with Crippen LogP contribution in [-0.4, -0.2) is 26.0 Å². The molecule has 0 amide bonds. The van der Waals surface area contributed by atoms with Crippen LogP contribution in [0.4, 0.5) is 13.2 Å². The van der Waals surface area contributed by atoms with E-state index in [-0.39, 0.29) is 11.1 Å². The maximum atomic E-state index is 12.9. The molecule has 1 atom stereocenters. The zero-order valence-corrected chi connectivity index (χ0v) is 9.46. The van der Waals surface area contributed by atoms with Crippen LogP contribution in [-0.2, 0) is 10.9 Å². The first-order valence-electron chi connectivity index (χ1n) is 5.51. The maximum absolute atomic E-state index is 12.9. The van der Waals surface area contributed by atoms with Crippen molar-refractivity contribution in [2.24, 2.45) is 0 Å². The van der Waals surface area contributed by atoms with Crippen LogP contribution >= 0.6 is 0 Å². The number of alkyl halides is 3. The molecule has 1 aromatic rings. The fourth-order valence-corrected chi connectivity index (χ4v) is 1.94. The number of benzene rings is 1. The molecule has 1 unspecified atom stereocenters. The van der Waals surface area contributed by atoms with Gasteiger partial charge in [0.1, 0.15) is 6.29 Å². The zero-order chi connectivity index (χ0) is 13.2. The normalized spacial score (nSPS) is 20.7. The molecule has 1 N–H and O–H groups in total. The molecule has 0 aliphatic carbocycles. The van der Waals surface area contributed by atoms with E-state index < -0.39 is 17.8 Å². The largest absolute Gasteiger partial charge is 0.416 e. The summed E-state index contributed by atoms with van der Waals surface area (Å²) in [6.07, 6.45) is -4.72. The molecule has 1 saturated heterocycles. The first-order valence-corrected chi connectivity index (χ1v) is 5.51. The Kier molecular flexibility index (Phi) is 3.68. The molecule has 1 heterocycles. The molecular formula is C12H12F3NO2. The molecule has 1 aromatic carbocycles. The molecule has 1 aliphatic heterocycles. The minimum absolute atomic E-state index is 0.00911. The number of hydrogen-bond donors (Lipinski definition) is 1. The van der Waals surface area contributed by atoms with Crippen molar-refractivity contribution in [3.63, 3.8) is 0 Å². The smallest absolute Gasteiger partial charge is 0.371 e. The van der Waals surface area contributed by atoms with Gasteiger partial charge < -0.3 is 10.1 Å². The summed E-state index contributed by atoms with van der Waals surface area (Å²) in [5.41, 5.74) is -0.726.